The number of hydrogen-bond donors (Lipinski definition) is 1. The zero-order chi connectivity index (χ0) is 21.4. The summed E-state index contributed by atoms with van der Waals surface area (Å²) < 4.78 is 5.21. The van der Waals surface area contributed by atoms with Crippen molar-refractivity contribution in [3.8, 4) is 0 Å². The third kappa shape index (κ3) is 4.18. The van der Waals surface area contributed by atoms with Crippen LogP contribution < -0.4 is 5.32 Å². The number of imide groups is 1. The number of carbonyl (C=O) groups excluding carboxylic acids is 4. The van der Waals surface area contributed by atoms with Gasteiger partial charge in [0.05, 0.1) is 0 Å². The van der Waals surface area contributed by atoms with Crippen molar-refractivity contribution in [3.05, 3.63) is 35.4 Å². The van der Waals surface area contributed by atoms with Crippen molar-refractivity contribution in [2.45, 2.75) is 70.4 Å². The SMILES string of the molecule is C[C@H](OC(=O)CN1C(=O)NC2(CCCC2)C1=O)C(=O)c1ccc(C(C)(C)C)cc1. The van der Waals surface area contributed by atoms with E-state index < -0.39 is 30.2 Å². The number of ketones is 1. The number of ether oxygens (including phenoxy) is 1. The largest absolute Gasteiger partial charge is 0.453 e. The fourth-order valence-electron chi connectivity index (χ4n) is 3.92. The molecule has 1 aromatic rings. The Balaban J connectivity index is 1.59. The zero-order valence-corrected chi connectivity index (χ0v) is 17.4. The molecule has 156 valence electrons. The quantitative estimate of drug-likeness (QED) is 0.466. The lowest BCUT2D eigenvalue weighted by Crippen LogP contribution is -2.44. The summed E-state index contributed by atoms with van der Waals surface area (Å²) >= 11 is 0. The van der Waals surface area contributed by atoms with Crippen LogP contribution in [0.2, 0.25) is 0 Å². The van der Waals surface area contributed by atoms with Crippen LogP contribution in [0, 0.1) is 0 Å². The Bertz CT molecular complexity index is 832. The monoisotopic (exact) mass is 400 g/mol. The Morgan fingerprint density at radius 3 is 2.28 bits per heavy atom. The molecular formula is C22H28N2O5. The van der Waals surface area contributed by atoms with Crippen LogP contribution in [0.1, 0.15) is 69.3 Å². The molecule has 3 rings (SSSR count). The topological polar surface area (TPSA) is 92.8 Å². The van der Waals surface area contributed by atoms with Crippen LogP contribution in [0.3, 0.4) is 0 Å². The first kappa shape index (κ1) is 21.0. The van der Waals surface area contributed by atoms with Crippen LogP contribution in [0.25, 0.3) is 0 Å². The van der Waals surface area contributed by atoms with E-state index in [1.54, 1.807) is 12.1 Å². The van der Waals surface area contributed by atoms with E-state index in [2.05, 4.69) is 26.1 Å². The van der Waals surface area contributed by atoms with E-state index in [1.165, 1.54) is 6.92 Å². The van der Waals surface area contributed by atoms with Crippen LogP contribution >= 0.6 is 0 Å². The third-order valence-electron chi connectivity index (χ3n) is 5.70. The number of benzene rings is 1. The van der Waals surface area contributed by atoms with E-state index in [0.717, 1.165) is 23.3 Å². The highest BCUT2D eigenvalue weighted by Gasteiger charge is 2.52. The Hall–Kier alpha value is -2.70. The Morgan fingerprint density at radius 1 is 1.14 bits per heavy atom. The fraction of sp³-hybridized carbons (Fsp3) is 0.545. The molecule has 0 unspecified atom stereocenters. The molecule has 1 aromatic carbocycles. The van der Waals surface area contributed by atoms with Crippen molar-refractivity contribution in [1.29, 1.82) is 0 Å². The first-order valence-corrected chi connectivity index (χ1v) is 10.0. The minimum absolute atomic E-state index is 0.0286. The van der Waals surface area contributed by atoms with Crippen molar-refractivity contribution in [2.75, 3.05) is 6.54 Å². The van der Waals surface area contributed by atoms with Crippen LogP contribution in [-0.4, -0.2) is 46.8 Å². The predicted octanol–water partition coefficient (Wildman–Crippen LogP) is 2.96. The normalized spacial score (nSPS) is 19.4. The molecule has 0 bridgehead atoms. The second-order valence-electron chi connectivity index (χ2n) is 8.93. The number of amides is 3. The number of nitrogens with zero attached hydrogens (tertiary/aromatic N) is 1. The smallest absolute Gasteiger partial charge is 0.326 e. The van der Waals surface area contributed by atoms with Gasteiger partial charge >= 0.3 is 12.0 Å². The molecular weight excluding hydrogens is 372 g/mol. The van der Waals surface area contributed by atoms with Gasteiger partial charge in [-0.05, 0) is 30.7 Å². The molecule has 1 saturated heterocycles. The number of rotatable bonds is 5. The van der Waals surface area contributed by atoms with Crippen molar-refractivity contribution in [2.24, 2.45) is 0 Å². The average Bonchev–Trinajstić information content (AvgIpc) is 3.21. The molecule has 1 saturated carbocycles. The van der Waals surface area contributed by atoms with Gasteiger partial charge in [0.25, 0.3) is 5.91 Å². The minimum Gasteiger partial charge on any atom is -0.453 e. The highest BCUT2D eigenvalue weighted by molar-refractivity contribution is 6.09. The molecule has 3 amide bonds. The van der Waals surface area contributed by atoms with Gasteiger partial charge in [-0.3, -0.25) is 19.3 Å². The van der Waals surface area contributed by atoms with Gasteiger partial charge in [0.1, 0.15) is 12.1 Å². The van der Waals surface area contributed by atoms with Gasteiger partial charge in [-0.15, -0.1) is 0 Å². The van der Waals surface area contributed by atoms with E-state index in [0.29, 0.717) is 18.4 Å². The molecule has 2 aliphatic rings. The van der Waals surface area contributed by atoms with Gasteiger partial charge in [0.2, 0.25) is 5.78 Å². The molecule has 1 spiro atoms. The highest BCUT2D eigenvalue weighted by Crippen LogP contribution is 2.35. The first-order valence-electron chi connectivity index (χ1n) is 10.0. The fourth-order valence-corrected chi connectivity index (χ4v) is 3.92. The van der Waals surface area contributed by atoms with Crippen molar-refractivity contribution in [3.63, 3.8) is 0 Å². The lowest BCUT2D eigenvalue weighted by atomic mass is 9.86. The van der Waals surface area contributed by atoms with Crippen LogP contribution in [0.4, 0.5) is 4.79 Å². The summed E-state index contributed by atoms with van der Waals surface area (Å²) in [7, 11) is 0. The summed E-state index contributed by atoms with van der Waals surface area (Å²) in [6, 6.07) is 6.63. The van der Waals surface area contributed by atoms with E-state index in [9.17, 15) is 19.2 Å². The molecule has 7 heteroatoms. The number of carbonyl (C=O) groups is 4. The summed E-state index contributed by atoms with van der Waals surface area (Å²) in [6.45, 7) is 7.24. The van der Waals surface area contributed by atoms with Gasteiger partial charge < -0.3 is 10.1 Å². The van der Waals surface area contributed by atoms with Crippen molar-refractivity contribution < 1.29 is 23.9 Å². The number of Topliss-reactive ketones (excluding diaryl/α,β-unsaturated/α-hetero) is 1. The molecule has 2 fully saturated rings. The lowest BCUT2D eigenvalue weighted by Gasteiger charge is -2.20. The maximum Gasteiger partial charge on any atom is 0.326 e. The number of esters is 1. The van der Waals surface area contributed by atoms with Crippen molar-refractivity contribution in [1.82, 2.24) is 10.2 Å². The number of urea groups is 1. The molecule has 1 N–H and O–H groups in total. The molecule has 1 aliphatic carbocycles. The van der Waals surface area contributed by atoms with E-state index in [4.69, 9.17) is 4.74 Å². The summed E-state index contributed by atoms with van der Waals surface area (Å²) in [4.78, 5) is 50.5. The summed E-state index contributed by atoms with van der Waals surface area (Å²) in [6.07, 6.45) is 1.89. The van der Waals surface area contributed by atoms with E-state index in [-0.39, 0.29) is 17.1 Å². The number of hydrogen-bond acceptors (Lipinski definition) is 5. The maximum atomic E-state index is 12.6. The summed E-state index contributed by atoms with van der Waals surface area (Å²) in [5, 5.41) is 2.72. The Morgan fingerprint density at radius 2 is 1.72 bits per heavy atom. The summed E-state index contributed by atoms with van der Waals surface area (Å²) in [5.74, 6) is -1.49. The molecule has 0 aromatic heterocycles. The average molecular weight is 400 g/mol. The molecule has 29 heavy (non-hydrogen) atoms. The molecule has 1 atom stereocenters. The number of nitrogens with one attached hydrogen (secondary N) is 1. The molecule has 1 heterocycles. The van der Waals surface area contributed by atoms with Gasteiger partial charge in [-0.25, -0.2) is 4.79 Å². The van der Waals surface area contributed by atoms with Gasteiger partial charge in [-0.1, -0.05) is 57.9 Å². The van der Waals surface area contributed by atoms with Crippen LogP contribution in [0.15, 0.2) is 24.3 Å². The van der Waals surface area contributed by atoms with E-state index >= 15 is 0 Å². The second kappa shape index (κ2) is 7.61. The van der Waals surface area contributed by atoms with E-state index in [1.807, 2.05) is 12.1 Å². The van der Waals surface area contributed by atoms with Gasteiger partial charge in [0.15, 0.2) is 6.10 Å². The van der Waals surface area contributed by atoms with Crippen LogP contribution in [0.5, 0.6) is 0 Å². The van der Waals surface area contributed by atoms with Crippen LogP contribution in [-0.2, 0) is 19.7 Å². The van der Waals surface area contributed by atoms with Gasteiger partial charge in [0, 0.05) is 5.56 Å². The second-order valence-corrected chi connectivity index (χ2v) is 8.93. The minimum atomic E-state index is -1.01. The maximum absolute atomic E-state index is 12.6. The summed E-state index contributed by atoms with van der Waals surface area (Å²) in [5.41, 5.74) is 0.642. The highest BCUT2D eigenvalue weighted by atomic mass is 16.5. The zero-order valence-electron chi connectivity index (χ0n) is 17.4. The predicted molar refractivity (Wildman–Crippen MR) is 106 cm³/mol. The Kier molecular flexibility index (Phi) is 5.52. The van der Waals surface area contributed by atoms with Gasteiger partial charge in [-0.2, -0.15) is 0 Å². The molecule has 7 nitrogen and oxygen atoms in total. The molecule has 1 aliphatic heterocycles. The standard InChI is InChI=1S/C22H28N2O5/c1-14(18(26)15-7-9-16(10-8-15)21(2,3)4)29-17(25)13-24-19(27)22(23-20(24)28)11-5-6-12-22/h7-10,14H,5-6,11-13H2,1-4H3,(H,23,28)/t14-/m0/s1. The third-order valence-corrected chi connectivity index (χ3v) is 5.70. The first-order chi connectivity index (χ1) is 13.5. The lowest BCUT2D eigenvalue weighted by molar-refractivity contribution is -0.149. The Labute approximate surface area is 170 Å². The van der Waals surface area contributed by atoms with Crippen molar-refractivity contribution >= 4 is 23.7 Å². The molecule has 0 radical (unpaired) electrons.